The van der Waals surface area contributed by atoms with Crippen molar-refractivity contribution in [2.45, 2.75) is 24.0 Å². The van der Waals surface area contributed by atoms with Crippen molar-refractivity contribution < 1.29 is 18.0 Å². The lowest BCUT2D eigenvalue weighted by Gasteiger charge is -2.11. The summed E-state index contributed by atoms with van der Waals surface area (Å²) in [6.07, 6.45) is -4.68. The molecule has 1 N–H and O–H groups in total. The summed E-state index contributed by atoms with van der Waals surface area (Å²) in [6, 6.07) is 9.12. The van der Waals surface area contributed by atoms with Gasteiger partial charge in [-0.2, -0.15) is 13.2 Å². The maximum atomic E-state index is 13.8. The lowest BCUT2D eigenvalue weighted by Crippen LogP contribution is -2.16. The van der Waals surface area contributed by atoms with Crippen molar-refractivity contribution in [1.29, 1.82) is 0 Å². The maximum absolute atomic E-state index is 13.8. The van der Waals surface area contributed by atoms with Crippen LogP contribution in [0.4, 0.5) is 18.9 Å². The van der Waals surface area contributed by atoms with Gasteiger partial charge in [-0.25, -0.2) is 4.98 Å². The van der Waals surface area contributed by atoms with E-state index in [1.54, 1.807) is 19.1 Å². The number of rotatable bonds is 6. The van der Waals surface area contributed by atoms with Crippen LogP contribution >= 0.6 is 46.3 Å². The number of carbonyl (C=O) groups excluding carboxylic acids is 1. The summed E-state index contributed by atoms with van der Waals surface area (Å²) < 4.78 is 43.1. The second kappa shape index (κ2) is 9.49. The number of nitrogens with zero attached hydrogens (tertiary/aromatic N) is 4. The second-order valence-corrected chi connectivity index (χ2v) is 10.1. The number of nitrogens with one attached hydrogen (secondary N) is 1. The molecule has 2 aromatic carbocycles. The Morgan fingerprint density at radius 1 is 1.15 bits per heavy atom. The zero-order valence-corrected chi connectivity index (χ0v) is 19.9. The van der Waals surface area contributed by atoms with Gasteiger partial charge in [0.2, 0.25) is 5.82 Å². The SMILES string of the molecule is Cc1nnc(SCCn2c(C(F)(F)F)nc3c(NC(=O)c4c(Cl)cccc4Cl)cccc32)s1. The number of fused-ring (bicyclic) bond motifs is 1. The van der Waals surface area contributed by atoms with Gasteiger partial charge in [0, 0.05) is 12.3 Å². The van der Waals surface area contributed by atoms with E-state index in [2.05, 4.69) is 20.5 Å². The van der Waals surface area contributed by atoms with Crippen LogP contribution in [0.5, 0.6) is 0 Å². The third kappa shape index (κ3) is 5.11. The summed E-state index contributed by atoms with van der Waals surface area (Å²) >= 11 is 14.8. The summed E-state index contributed by atoms with van der Waals surface area (Å²) in [5, 5.41) is 11.5. The van der Waals surface area contributed by atoms with E-state index in [0.717, 1.165) is 9.57 Å². The zero-order chi connectivity index (χ0) is 23.8. The Labute approximate surface area is 204 Å². The molecule has 172 valence electrons. The summed E-state index contributed by atoms with van der Waals surface area (Å²) in [5.41, 5.74) is 0.389. The van der Waals surface area contributed by atoms with E-state index in [9.17, 15) is 18.0 Å². The van der Waals surface area contributed by atoms with Crippen molar-refractivity contribution in [2.75, 3.05) is 11.1 Å². The minimum Gasteiger partial charge on any atom is -0.320 e. The van der Waals surface area contributed by atoms with Gasteiger partial charge in [0.15, 0.2) is 4.34 Å². The molecular weight excluding hydrogens is 518 g/mol. The molecule has 0 saturated heterocycles. The fraction of sp³-hybridized carbons (Fsp3) is 0.200. The molecule has 0 aliphatic rings. The van der Waals surface area contributed by atoms with Gasteiger partial charge in [0.25, 0.3) is 5.91 Å². The van der Waals surface area contributed by atoms with Gasteiger partial charge in [-0.3, -0.25) is 4.79 Å². The van der Waals surface area contributed by atoms with Crippen molar-refractivity contribution in [3.05, 3.63) is 62.8 Å². The van der Waals surface area contributed by atoms with Crippen LogP contribution in [0.2, 0.25) is 10.0 Å². The predicted octanol–water partition coefficient (Wildman–Crippen LogP) is 6.57. The molecule has 0 saturated carbocycles. The molecule has 4 rings (SSSR count). The largest absolute Gasteiger partial charge is 0.449 e. The molecule has 1 amide bonds. The molecule has 0 aliphatic carbocycles. The Morgan fingerprint density at radius 3 is 2.48 bits per heavy atom. The third-order valence-corrected chi connectivity index (χ3v) is 7.10. The molecule has 0 aliphatic heterocycles. The number of aromatic nitrogens is 4. The van der Waals surface area contributed by atoms with Crippen molar-refractivity contribution in [1.82, 2.24) is 19.7 Å². The number of benzene rings is 2. The Morgan fingerprint density at radius 2 is 1.85 bits per heavy atom. The molecule has 6 nitrogen and oxygen atoms in total. The molecular formula is C20H14Cl2F3N5OS2. The highest BCUT2D eigenvalue weighted by Crippen LogP contribution is 2.35. The molecule has 2 heterocycles. The van der Waals surface area contributed by atoms with Gasteiger partial charge in [-0.05, 0) is 31.2 Å². The lowest BCUT2D eigenvalue weighted by molar-refractivity contribution is -0.146. The van der Waals surface area contributed by atoms with Crippen LogP contribution in [-0.2, 0) is 12.7 Å². The number of halogens is 5. The van der Waals surface area contributed by atoms with E-state index in [1.165, 1.54) is 47.4 Å². The summed E-state index contributed by atoms with van der Waals surface area (Å²) in [6.45, 7) is 1.83. The van der Waals surface area contributed by atoms with Gasteiger partial charge in [-0.15, -0.1) is 10.2 Å². The number of amides is 1. The average Bonchev–Trinajstić information content (AvgIpc) is 3.32. The molecule has 0 spiro atoms. The fourth-order valence-electron chi connectivity index (χ4n) is 3.15. The number of para-hydroxylation sites is 1. The quantitative estimate of drug-likeness (QED) is 0.285. The van der Waals surface area contributed by atoms with E-state index in [0.29, 0.717) is 10.1 Å². The Bertz CT molecular complexity index is 1320. The molecule has 0 unspecified atom stereocenters. The van der Waals surface area contributed by atoms with E-state index >= 15 is 0 Å². The minimum absolute atomic E-state index is 0.0121. The molecule has 0 atom stereocenters. The van der Waals surface area contributed by atoms with Gasteiger partial charge in [0.05, 0.1) is 26.8 Å². The number of imidazole rings is 1. The van der Waals surface area contributed by atoms with Crippen LogP contribution in [0, 0.1) is 6.92 Å². The number of hydrogen-bond donors (Lipinski definition) is 1. The van der Waals surface area contributed by atoms with E-state index in [-0.39, 0.29) is 38.9 Å². The first kappa shape index (κ1) is 23.8. The standard InChI is InChI=1S/C20H14Cl2F3N5OS2/c1-10-28-29-19(33-10)32-9-8-30-14-7-3-6-13(16(14)27-18(30)20(23,24)25)26-17(31)15-11(21)4-2-5-12(15)22/h2-7H,8-9H2,1H3,(H,26,31). The smallest absolute Gasteiger partial charge is 0.320 e. The molecule has 33 heavy (non-hydrogen) atoms. The van der Waals surface area contributed by atoms with Gasteiger partial charge >= 0.3 is 6.18 Å². The Balaban J connectivity index is 1.67. The monoisotopic (exact) mass is 531 g/mol. The fourth-order valence-corrected chi connectivity index (χ4v) is 5.53. The highest BCUT2D eigenvalue weighted by Gasteiger charge is 2.38. The second-order valence-electron chi connectivity index (χ2n) is 6.74. The van der Waals surface area contributed by atoms with Crippen molar-refractivity contribution in [3.8, 4) is 0 Å². The Kier molecular flexibility index (Phi) is 6.85. The number of hydrogen-bond acceptors (Lipinski definition) is 6. The topological polar surface area (TPSA) is 72.7 Å². The maximum Gasteiger partial charge on any atom is 0.449 e. The first-order valence-electron chi connectivity index (χ1n) is 9.40. The zero-order valence-electron chi connectivity index (χ0n) is 16.8. The van der Waals surface area contributed by atoms with E-state index < -0.39 is 17.9 Å². The van der Waals surface area contributed by atoms with Gasteiger partial charge in [-0.1, -0.05) is 58.4 Å². The summed E-state index contributed by atoms with van der Waals surface area (Å²) in [7, 11) is 0. The van der Waals surface area contributed by atoms with Crippen molar-refractivity contribution in [3.63, 3.8) is 0 Å². The van der Waals surface area contributed by atoms with Crippen LogP contribution in [0.15, 0.2) is 40.7 Å². The van der Waals surface area contributed by atoms with Gasteiger partial charge < -0.3 is 9.88 Å². The first-order chi connectivity index (χ1) is 15.6. The normalized spacial score (nSPS) is 11.8. The average molecular weight is 532 g/mol. The number of carbonyl (C=O) groups is 1. The van der Waals surface area contributed by atoms with Crippen LogP contribution in [0.3, 0.4) is 0 Å². The van der Waals surface area contributed by atoms with Crippen molar-refractivity contribution >= 4 is 68.9 Å². The number of anilines is 1. The number of aryl methyl sites for hydroxylation is 2. The number of thioether (sulfide) groups is 1. The summed E-state index contributed by atoms with van der Waals surface area (Å²) in [5.74, 6) is -1.37. The van der Waals surface area contributed by atoms with Crippen LogP contribution in [-0.4, -0.2) is 31.4 Å². The molecule has 0 radical (unpaired) electrons. The van der Waals surface area contributed by atoms with E-state index in [4.69, 9.17) is 23.2 Å². The van der Waals surface area contributed by atoms with E-state index in [1.807, 2.05) is 0 Å². The van der Waals surface area contributed by atoms with Crippen LogP contribution < -0.4 is 5.32 Å². The molecule has 0 bridgehead atoms. The first-order valence-corrected chi connectivity index (χ1v) is 12.0. The highest BCUT2D eigenvalue weighted by molar-refractivity contribution is 8.01. The van der Waals surface area contributed by atoms with Crippen molar-refractivity contribution in [2.24, 2.45) is 0 Å². The molecule has 13 heteroatoms. The third-order valence-electron chi connectivity index (χ3n) is 4.52. The molecule has 4 aromatic rings. The number of alkyl halides is 3. The molecule has 2 aromatic heterocycles. The molecule has 0 fully saturated rings. The lowest BCUT2D eigenvalue weighted by atomic mass is 10.2. The van der Waals surface area contributed by atoms with Crippen LogP contribution in [0.1, 0.15) is 21.2 Å². The minimum atomic E-state index is -4.68. The Hall–Kier alpha value is -2.34. The summed E-state index contributed by atoms with van der Waals surface area (Å²) in [4.78, 5) is 16.6. The highest BCUT2D eigenvalue weighted by atomic mass is 35.5. The predicted molar refractivity (Wildman–Crippen MR) is 125 cm³/mol. The van der Waals surface area contributed by atoms with Crippen LogP contribution in [0.25, 0.3) is 11.0 Å². The van der Waals surface area contributed by atoms with Gasteiger partial charge in [0.1, 0.15) is 10.5 Å².